The molecule has 1 aromatic rings. The second-order valence-corrected chi connectivity index (χ2v) is 2.26. The van der Waals surface area contributed by atoms with Crippen LogP contribution in [0.3, 0.4) is 0 Å². The normalized spacial score (nSPS) is 9.56. The van der Waals surface area contributed by atoms with Gasteiger partial charge in [0.05, 0.1) is 0 Å². The number of furan rings is 1. The highest BCUT2D eigenvalue weighted by atomic mass is 35.5. The van der Waals surface area contributed by atoms with E-state index in [0.29, 0.717) is 5.22 Å². The highest BCUT2D eigenvalue weighted by Crippen LogP contribution is 2.18. The lowest BCUT2D eigenvalue weighted by Gasteiger charge is -1.87. The van der Waals surface area contributed by atoms with E-state index in [1.54, 1.807) is 12.1 Å². The Balaban J connectivity index is 2.98. The van der Waals surface area contributed by atoms with Crippen LogP contribution < -0.4 is 0 Å². The van der Waals surface area contributed by atoms with Crippen LogP contribution in [0.25, 0.3) is 5.57 Å². The molecule has 0 fully saturated rings. The number of rotatable bonds is 1. The van der Waals surface area contributed by atoms with Crippen LogP contribution in [0.2, 0.25) is 5.22 Å². The average Bonchev–Trinajstić information content (AvgIpc) is 2.14. The van der Waals surface area contributed by atoms with Gasteiger partial charge in [-0.25, -0.2) is 0 Å². The van der Waals surface area contributed by atoms with Crippen molar-refractivity contribution in [2.45, 2.75) is 6.92 Å². The molecule has 0 saturated carbocycles. The zero-order valence-electron chi connectivity index (χ0n) is 5.15. The summed E-state index contributed by atoms with van der Waals surface area (Å²) < 4.78 is 5.01. The molecule has 1 heterocycles. The summed E-state index contributed by atoms with van der Waals surface area (Å²) in [6.07, 6.45) is 0. The van der Waals surface area contributed by atoms with E-state index in [-0.39, 0.29) is 0 Å². The van der Waals surface area contributed by atoms with E-state index in [1.807, 2.05) is 6.92 Å². The predicted molar refractivity (Wildman–Crippen MR) is 38.4 cm³/mol. The third kappa shape index (κ3) is 1.36. The minimum absolute atomic E-state index is 0.410. The van der Waals surface area contributed by atoms with E-state index in [1.165, 1.54) is 0 Å². The molecule has 0 aliphatic heterocycles. The highest BCUT2D eigenvalue weighted by Gasteiger charge is 1.97. The molecule has 0 radical (unpaired) electrons. The lowest BCUT2D eigenvalue weighted by molar-refractivity contribution is 0.555. The molecule has 0 spiro atoms. The summed E-state index contributed by atoms with van der Waals surface area (Å²) in [6, 6.07) is 3.50. The first kappa shape index (κ1) is 6.43. The van der Waals surface area contributed by atoms with Gasteiger partial charge >= 0.3 is 0 Å². The lowest BCUT2D eigenvalue weighted by atomic mass is 10.3. The van der Waals surface area contributed by atoms with Gasteiger partial charge in [0.25, 0.3) is 0 Å². The minimum atomic E-state index is 0.410. The summed E-state index contributed by atoms with van der Waals surface area (Å²) in [5.41, 5.74) is 0.891. The fourth-order valence-corrected chi connectivity index (χ4v) is 0.690. The Kier molecular flexibility index (Phi) is 1.63. The fourth-order valence-electron chi connectivity index (χ4n) is 0.544. The Hall–Kier alpha value is -0.690. The Labute approximate surface area is 58.9 Å². The van der Waals surface area contributed by atoms with Crippen molar-refractivity contribution in [1.29, 1.82) is 0 Å². The Morgan fingerprint density at radius 3 is 2.56 bits per heavy atom. The van der Waals surface area contributed by atoms with E-state index >= 15 is 0 Å². The molecular formula is C7H7ClO. The molecule has 0 atom stereocenters. The van der Waals surface area contributed by atoms with Gasteiger partial charge in [-0.1, -0.05) is 6.58 Å². The van der Waals surface area contributed by atoms with Crippen LogP contribution >= 0.6 is 11.6 Å². The van der Waals surface area contributed by atoms with E-state index in [0.717, 1.165) is 11.3 Å². The monoisotopic (exact) mass is 142 g/mol. The number of halogens is 1. The van der Waals surface area contributed by atoms with Crippen LogP contribution in [-0.4, -0.2) is 0 Å². The van der Waals surface area contributed by atoms with Crippen LogP contribution in [0.1, 0.15) is 12.7 Å². The Morgan fingerprint density at radius 2 is 2.33 bits per heavy atom. The Bertz CT molecular complexity index is 225. The average molecular weight is 143 g/mol. The number of hydrogen-bond donors (Lipinski definition) is 0. The maximum absolute atomic E-state index is 5.50. The van der Waals surface area contributed by atoms with Crippen LogP contribution in [0.15, 0.2) is 23.1 Å². The lowest BCUT2D eigenvalue weighted by Crippen LogP contribution is -1.65. The molecule has 1 aromatic heterocycles. The van der Waals surface area contributed by atoms with Gasteiger partial charge in [0.1, 0.15) is 5.76 Å². The third-order valence-corrected chi connectivity index (χ3v) is 1.20. The van der Waals surface area contributed by atoms with Gasteiger partial charge in [0.15, 0.2) is 5.22 Å². The second-order valence-electron chi connectivity index (χ2n) is 1.88. The van der Waals surface area contributed by atoms with E-state index in [2.05, 4.69) is 6.58 Å². The molecule has 0 saturated heterocycles. The van der Waals surface area contributed by atoms with Crippen molar-refractivity contribution in [3.05, 3.63) is 29.7 Å². The molecule has 0 N–H and O–H groups in total. The molecule has 0 amide bonds. The molecule has 1 rings (SSSR count). The van der Waals surface area contributed by atoms with E-state index in [4.69, 9.17) is 16.0 Å². The van der Waals surface area contributed by atoms with Gasteiger partial charge in [-0.15, -0.1) is 0 Å². The van der Waals surface area contributed by atoms with Crippen LogP contribution in [0.4, 0.5) is 0 Å². The predicted octanol–water partition coefficient (Wildman–Crippen LogP) is 2.97. The van der Waals surface area contributed by atoms with Crippen LogP contribution in [0, 0.1) is 0 Å². The summed E-state index contributed by atoms with van der Waals surface area (Å²) in [6.45, 7) is 5.56. The standard InChI is InChI=1S/C7H7ClO/c1-5(2)6-3-4-7(8)9-6/h3-4H,1H2,2H3. The molecular weight excluding hydrogens is 136 g/mol. The molecule has 0 bridgehead atoms. The summed E-state index contributed by atoms with van der Waals surface area (Å²) in [7, 11) is 0. The van der Waals surface area contributed by atoms with Crippen LogP contribution in [-0.2, 0) is 0 Å². The van der Waals surface area contributed by atoms with Gasteiger partial charge in [-0.3, -0.25) is 0 Å². The fraction of sp³-hybridized carbons (Fsp3) is 0.143. The zero-order chi connectivity index (χ0) is 6.85. The molecule has 0 aromatic carbocycles. The van der Waals surface area contributed by atoms with Crippen molar-refractivity contribution in [2.24, 2.45) is 0 Å². The number of hydrogen-bond acceptors (Lipinski definition) is 1. The summed E-state index contributed by atoms with van der Waals surface area (Å²) in [5, 5.41) is 0.410. The second kappa shape index (κ2) is 2.28. The van der Waals surface area contributed by atoms with Crippen molar-refractivity contribution in [3.8, 4) is 0 Å². The van der Waals surface area contributed by atoms with Crippen molar-refractivity contribution in [3.63, 3.8) is 0 Å². The molecule has 9 heavy (non-hydrogen) atoms. The van der Waals surface area contributed by atoms with Gasteiger partial charge in [0, 0.05) is 0 Å². The molecule has 0 unspecified atom stereocenters. The van der Waals surface area contributed by atoms with Crippen molar-refractivity contribution in [1.82, 2.24) is 0 Å². The maximum Gasteiger partial charge on any atom is 0.193 e. The first-order valence-electron chi connectivity index (χ1n) is 2.61. The molecule has 0 aliphatic carbocycles. The van der Waals surface area contributed by atoms with Crippen molar-refractivity contribution >= 4 is 17.2 Å². The largest absolute Gasteiger partial charge is 0.445 e. The third-order valence-electron chi connectivity index (χ3n) is 0.994. The van der Waals surface area contributed by atoms with E-state index < -0.39 is 0 Å². The zero-order valence-corrected chi connectivity index (χ0v) is 5.90. The smallest absolute Gasteiger partial charge is 0.193 e. The first-order valence-corrected chi connectivity index (χ1v) is 2.99. The topological polar surface area (TPSA) is 13.1 Å². The Morgan fingerprint density at radius 1 is 1.67 bits per heavy atom. The molecule has 0 aliphatic rings. The molecule has 48 valence electrons. The highest BCUT2D eigenvalue weighted by molar-refractivity contribution is 6.28. The summed E-state index contributed by atoms with van der Waals surface area (Å²) in [5.74, 6) is 0.750. The molecule has 2 heteroatoms. The quantitative estimate of drug-likeness (QED) is 0.588. The minimum Gasteiger partial charge on any atom is -0.445 e. The van der Waals surface area contributed by atoms with Crippen molar-refractivity contribution in [2.75, 3.05) is 0 Å². The SMILES string of the molecule is C=C(C)c1ccc(Cl)o1. The summed E-state index contributed by atoms with van der Waals surface area (Å²) in [4.78, 5) is 0. The maximum atomic E-state index is 5.50. The summed E-state index contributed by atoms with van der Waals surface area (Å²) >= 11 is 5.50. The van der Waals surface area contributed by atoms with E-state index in [9.17, 15) is 0 Å². The van der Waals surface area contributed by atoms with Gasteiger partial charge < -0.3 is 4.42 Å². The van der Waals surface area contributed by atoms with Gasteiger partial charge in [-0.2, -0.15) is 0 Å². The molecule has 1 nitrogen and oxygen atoms in total. The first-order chi connectivity index (χ1) is 4.20. The van der Waals surface area contributed by atoms with Gasteiger partial charge in [0.2, 0.25) is 0 Å². The number of allylic oxidation sites excluding steroid dienone is 1. The van der Waals surface area contributed by atoms with Gasteiger partial charge in [-0.05, 0) is 36.2 Å². The van der Waals surface area contributed by atoms with Crippen molar-refractivity contribution < 1.29 is 4.42 Å². The van der Waals surface area contributed by atoms with Crippen LogP contribution in [0.5, 0.6) is 0 Å².